The molecule has 0 saturated heterocycles. The summed E-state index contributed by atoms with van der Waals surface area (Å²) in [6.07, 6.45) is 0.617. The topological polar surface area (TPSA) is 154 Å². The maximum Gasteiger partial charge on any atom is 0.211 e. The summed E-state index contributed by atoms with van der Waals surface area (Å²) in [6, 6.07) is 0. The van der Waals surface area contributed by atoms with Crippen molar-refractivity contribution in [3.63, 3.8) is 0 Å². The summed E-state index contributed by atoms with van der Waals surface area (Å²) in [6.45, 7) is 3.59. The first kappa shape index (κ1) is 12.9. The molecule has 15 heavy (non-hydrogen) atoms. The van der Waals surface area contributed by atoms with Crippen LogP contribution in [-0.4, -0.2) is 23.3 Å². The molecule has 0 unspecified atom stereocenters. The van der Waals surface area contributed by atoms with Crippen LogP contribution >= 0.6 is 0 Å². The zero-order valence-corrected chi connectivity index (χ0v) is 8.81. The smallest absolute Gasteiger partial charge is 0.211 e. The Morgan fingerprint density at radius 1 is 0.867 bits per heavy atom. The Balaban J connectivity index is 4.83. The third-order valence-electron chi connectivity index (χ3n) is 1.35. The van der Waals surface area contributed by atoms with E-state index in [1.54, 1.807) is 6.92 Å². The van der Waals surface area contributed by atoms with Gasteiger partial charge in [0.05, 0.1) is 11.4 Å². The van der Waals surface area contributed by atoms with Gasteiger partial charge in [0.2, 0.25) is 11.9 Å². The summed E-state index contributed by atoms with van der Waals surface area (Å²) in [5.74, 6) is -0.234. The molecule has 0 heterocycles. The van der Waals surface area contributed by atoms with Gasteiger partial charge in [-0.05, 0) is 13.3 Å². The van der Waals surface area contributed by atoms with E-state index in [9.17, 15) is 0 Å². The first-order chi connectivity index (χ1) is 6.97. The maximum absolute atomic E-state index is 5.13. The molecule has 0 aromatic rings. The van der Waals surface area contributed by atoms with Crippen molar-refractivity contribution >= 4 is 23.3 Å². The minimum absolute atomic E-state index is 0.115. The van der Waals surface area contributed by atoms with Gasteiger partial charge in [0.25, 0.3) is 0 Å². The molecular formula is C7H16N8. The Kier molecular flexibility index (Phi) is 5.45. The van der Waals surface area contributed by atoms with E-state index in [0.717, 1.165) is 0 Å². The van der Waals surface area contributed by atoms with Crippen LogP contribution in [0.4, 0.5) is 0 Å². The van der Waals surface area contributed by atoms with E-state index in [1.807, 2.05) is 6.92 Å². The zero-order valence-electron chi connectivity index (χ0n) is 8.81. The highest BCUT2D eigenvalue weighted by Crippen LogP contribution is 1.92. The van der Waals surface area contributed by atoms with Crippen LogP contribution in [0.1, 0.15) is 20.3 Å². The molecule has 0 fully saturated rings. The highest BCUT2D eigenvalue weighted by molar-refractivity contribution is 6.41. The van der Waals surface area contributed by atoms with Crippen molar-refractivity contribution in [2.45, 2.75) is 20.3 Å². The van der Waals surface area contributed by atoms with Gasteiger partial charge in [-0.15, -0.1) is 10.2 Å². The highest BCUT2D eigenvalue weighted by Gasteiger charge is 2.00. The molecule has 0 radical (unpaired) electrons. The molecular weight excluding hydrogens is 196 g/mol. The third kappa shape index (κ3) is 6.02. The minimum Gasteiger partial charge on any atom is -0.369 e. The average Bonchev–Trinajstić information content (AvgIpc) is 2.15. The lowest BCUT2D eigenvalue weighted by Gasteiger charge is -1.98. The molecule has 0 aliphatic rings. The van der Waals surface area contributed by atoms with E-state index in [2.05, 4.69) is 20.4 Å². The van der Waals surface area contributed by atoms with E-state index >= 15 is 0 Å². The van der Waals surface area contributed by atoms with Gasteiger partial charge in [0.15, 0.2) is 0 Å². The van der Waals surface area contributed by atoms with Crippen LogP contribution in [-0.2, 0) is 0 Å². The third-order valence-corrected chi connectivity index (χ3v) is 1.35. The van der Waals surface area contributed by atoms with Gasteiger partial charge in [-0.25, -0.2) is 0 Å². The first-order valence-electron chi connectivity index (χ1n) is 4.26. The second kappa shape index (κ2) is 6.35. The molecule has 8 nitrogen and oxygen atoms in total. The Hall–Kier alpha value is -2.12. The monoisotopic (exact) mass is 212 g/mol. The van der Waals surface area contributed by atoms with Crippen molar-refractivity contribution in [1.82, 2.24) is 0 Å². The van der Waals surface area contributed by atoms with Crippen molar-refractivity contribution < 1.29 is 0 Å². The normalized spacial score (nSPS) is 12.1. The number of hydrogen-bond acceptors (Lipinski definition) is 4. The van der Waals surface area contributed by atoms with Crippen LogP contribution in [0.5, 0.6) is 0 Å². The number of nitrogens with zero attached hydrogens (tertiary/aromatic N) is 4. The van der Waals surface area contributed by atoms with E-state index in [4.69, 9.17) is 22.9 Å². The maximum atomic E-state index is 5.13. The van der Waals surface area contributed by atoms with Gasteiger partial charge < -0.3 is 22.9 Å². The lowest BCUT2D eigenvalue weighted by Crippen LogP contribution is -2.23. The molecule has 0 spiro atoms. The molecule has 0 aliphatic heterocycles. The molecule has 84 valence electrons. The first-order valence-corrected chi connectivity index (χ1v) is 4.26. The predicted molar refractivity (Wildman–Crippen MR) is 62.5 cm³/mol. The molecule has 0 atom stereocenters. The molecule has 0 aromatic heterocycles. The fourth-order valence-electron chi connectivity index (χ4n) is 0.707. The van der Waals surface area contributed by atoms with Crippen LogP contribution < -0.4 is 22.9 Å². The Morgan fingerprint density at radius 2 is 1.33 bits per heavy atom. The molecule has 8 N–H and O–H groups in total. The van der Waals surface area contributed by atoms with Crippen LogP contribution in [0.25, 0.3) is 0 Å². The summed E-state index contributed by atoms with van der Waals surface area (Å²) in [4.78, 5) is 0. The van der Waals surface area contributed by atoms with Gasteiger partial charge in [-0.1, -0.05) is 6.92 Å². The van der Waals surface area contributed by atoms with Crippen molar-refractivity contribution in [3.8, 4) is 0 Å². The fourth-order valence-corrected chi connectivity index (χ4v) is 0.707. The van der Waals surface area contributed by atoms with Crippen LogP contribution in [0.3, 0.4) is 0 Å². The summed E-state index contributed by atoms with van der Waals surface area (Å²) in [5.41, 5.74) is 21.7. The highest BCUT2D eigenvalue weighted by atomic mass is 15.3. The van der Waals surface area contributed by atoms with Gasteiger partial charge >= 0.3 is 0 Å². The Labute approximate surface area is 87.8 Å². The molecule has 0 bridgehead atoms. The number of guanidine groups is 2. The number of nitrogens with two attached hydrogens (primary N) is 4. The van der Waals surface area contributed by atoms with Crippen molar-refractivity contribution in [3.05, 3.63) is 0 Å². The molecule has 0 aromatic carbocycles. The summed E-state index contributed by atoms with van der Waals surface area (Å²) in [7, 11) is 0. The lowest BCUT2D eigenvalue weighted by atomic mass is 10.2. The fraction of sp³-hybridized carbons (Fsp3) is 0.429. The SMILES string of the molecule is CCC(=N\N=C(N)N)/C(C)=N\N=C(N)N. The number of rotatable bonds is 4. The summed E-state index contributed by atoms with van der Waals surface area (Å²) < 4.78 is 0. The van der Waals surface area contributed by atoms with Crippen LogP contribution in [0.2, 0.25) is 0 Å². The molecule has 0 aliphatic carbocycles. The van der Waals surface area contributed by atoms with Crippen molar-refractivity contribution in [1.29, 1.82) is 0 Å². The lowest BCUT2D eigenvalue weighted by molar-refractivity contribution is 1.15. The Morgan fingerprint density at radius 3 is 1.73 bits per heavy atom. The molecule has 0 saturated carbocycles. The quantitative estimate of drug-likeness (QED) is 0.259. The summed E-state index contributed by atoms with van der Waals surface area (Å²) >= 11 is 0. The van der Waals surface area contributed by atoms with Crippen LogP contribution in [0, 0.1) is 0 Å². The number of hydrogen-bond donors (Lipinski definition) is 4. The van der Waals surface area contributed by atoms with E-state index in [-0.39, 0.29) is 11.9 Å². The van der Waals surface area contributed by atoms with Gasteiger partial charge in [-0.3, -0.25) is 0 Å². The minimum atomic E-state index is -0.119. The van der Waals surface area contributed by atoms with Gasteiger partial charge in [0, 0.05) is 0 Å². The van der Waals surface area contributed by atoms with Gasteiger partial charge in [0.1, 0.15) is 0 Å². The second-order valence-corrected chi connectivity index (χ2v) is 2.64. The second-order valence-electron chi connectivity index (χ2n) is 2.64. The molecule has 8 heteroatoms. The van der Waals surface area contributed by atoms with Gasteiger partial charge in [-0.2, -0.15) is 10.2 Å². The molecule has 0 amide bonds. The van der Waals surface area contributed by atoms with E-state index < -0.39 is 0 Å². The average molecular weight is 212 g/mol. The largest absolute Gasteiger partial charge is 0.369 e. The van der Waals surface area contributed by atoms with Crippen molar-refractivity contribution in [2.24, 2.45) is 43.3 Å². The summed E-state index contributed by atoms with van der Waals surface area (Å²) in [5, 5.41) is 14.5. The Bertz CT molecular complexity index is 316. The predicted octanol–water partition coefficient (Wildman–Crippen LogP) is -1.32. The standard InChI is InChI=1S/C7H16N8/c1-3-5(13-15-7(10)11)4(2)12-14-6(8)9/h3H2,1-2H3,(H4,8,9,14)(H4,10,11,15)/b12-4-,13-5+. The molecule has 0 rings (SSSR count). The van der Waals surface area contributed by atoms with Crippen molar-refractivity contribution in [2.75, 3.05) is 0 Å². The van der Waals surface area contributed by atoms with Crippen LogP contribution in [0.15, 0.2) is 20.4 Å². The zero-order chi connectivity index (χ0) is 11.8. The van der Waals surface area contributed by atoms with E-state index in [1.165, 1.54) is 0 Å². The van der Waals surface area contributed by atoms with E-state index in [0.29, 0.717) is 17.8 Å².